The van der Waals surface area contributed by atoms with Crippen LogP contribution in [0, 0.1) is 5.92 Å². The normalized spacial score (nSPS) is 14.2. The van der Waals surface area contributed by atoms with Gasteiger partial charge in [0.15, 0.2) is 12.2 Å². The third-order valence-electron chi connectivity index (χ3n) is 19.8. The summed E-state index contributed by atoms with van der Waals surface area (Å²) in [4.78, 5) is 73.2. The van der Waals surface area contributed by atoms with Gasteiger partial charge >= 0.3 is 39.5 Å². The molecule has 0 bridgehead atoms. The molecule has 3 unspecified atom stereocenters. The van der Waals surface area contributed by atoms with E-state index >= 15 is 0 Å². The number of phosphoric acid groups is 2. The predicted octanol–water partition coefficient (Wildman–Crippen LogP) is 25.5. The molecule has 3 N–H and O–H groups in total. The van der Waals surface area contributed by atoms with Gasteiger partial charge in [0, 0.05) is 25.7 Å². The van der Waals surface area contributed by atoms with Crippen molar-refractivity contribution < 1.29 is 80.2 Å². The number of ether oxygens (including phenoxy) is 4. The summed E-state index contributed by atoms with van der Waals surface area (Å²) in [6.45, 7) is 7.29. The number of aliphatic hydroxyl groups excluding tert-OH is 1. The average molecular weight is 1520 g/mol. The molecule has 0 spiro atoms. The van der Waals surface area contributed by atoms with Gasteiger partial charge in [0.05, 0.1) is 26.4 Å². The molecule has 19 heteroatoms. The Kier molecular flexibility index (Phi) is 75.4. The first-order valence-corrected chi connectivity index (χ1v) is 46.5. The van der Waals surface area contributed by atoms with Crippen LogP contribution >= 0.6 is 15.6 Å². The van der Waals surface area contributed by atoms with Crippen LogP contribution in [-0.4, -0.2) is 96.7 Å². The first-order chi connectivity index (χ1) is 50.6. The average Bonchev–Trinajstić information content (AvgIpc) is 0.923. The largest absolute Gasteiger partial charge is 0.472 e. The zero-order valence-electron chi connectivity index (χ0n) is 67.7. The third-order valence-corrected chi connectivity index (χ3v) is 21.7. The molecule has 6 atom stereocenters. The Morgan fingerprint density at radius 2 is 0.538 bits per heavy atom. The SMILES string of the molecule is CCCCCC/C=C\C=C/CCCCCCCC(=O)OC[C@H](COP(=O)(O)OC[C@@H](O)COP(=O)(O)OC[C@@H](COC(=O)CCCCCCCCCCC(C)CC)OC(=O)CCCCCCCCCCCCCCCCC)OC(=O)CCCCCCCCCCCCCCCCCCCCCCCC. The molecule has 0 aromatic rings. The molecule has 17 nitrogen and oxygen atoms in total. The number of allylic oxidation sites excluding steroid dienone is 4. The quantitative estimate of drug-likeness (QED) is 0.0169. The smallest absolute Gasteiger partial charge is 0.462 e. The fourth-order valence-corrected chi connectivity index (χ4v) is 14.3. The van der Waals surface area contributed by atoms with Crippen molar-refractivity contribution in [1.82, 2.24) is 0 Å². The van der Waals surface area contributed by atoms with Crippen molar-refractivity contribution in [2.45, 2.75) is 451 Å². The maximum Gasteiger partial charge on any atom is 0.472 e. The molecule has 0 aromatic heterocycles. The van der Waals surface area contributed by atoms with Crippen molar-refractivity contribution in [3.63, 3.8) is 0 Å². The molecule has 0 saturated heterocycles. The molecule has 0 aromatic carbocycles. The van der Waals surface area contributed by atoms with Gasteiger partial charge in [-0.15, -0.1) is 0 Å². The minimum Gasteiger partial charge on any atom is -0.462 e. The standard InChI is InChI=1S/C85H162O17P2/c1-6-10-13-16-19-22-25-28-31-32-33-34-35-36-37-40-43-46-49-56-61-66-71-84(89)101-80(74-95-82(87)68-63-58-53-47-44-41-38-29-26-23-20-17-14-11-7-2)76-99-103(91,92)97-72-79(86)73-98-104(93,94)100-77-81(75-96-83(88)69-64-59-54-51-50-52-57-62-67-78(5)9-4)102-85(90)70-65-60-55-48-45-42-39-30-27-24-21-18-15-12-8-3/h23,26,29,38,78-81,86H,6-22,24-25,27-28,30-37,39-77H2,1-5H3,(H,91,92)(H,93,94)/b26-23-,38-29-/t78?,79-,80-,81-/m1/s1. The third kappa shape index (κ3) is 76.3. The topological polar surface area (TPSA) is 237 Å². The van der Waals surface area contributed by atoms with E-state index in [1.54, 1.807) is 0 Å². The first-order valence-electron chi connectivity index (χ1n) is 43.5. The lowest BCUT2D eigenvalue weighted by Gasteiger charge is -2.21. The zero-order valence-corrected chi connectivity index (χ0v) is 69.4. The number of phosphoric ester groups is 2. The lowest BCUT2D eigenvalue weighted by molar-refractivity contribution is -0.161. The summed E-state index contributed by atoms with van der Waals surface area (Å²) in [5, 5.41) is 10.7. The van der Waals surface area contributed by atoms with Crippen LogP contribution in [0.4, 0.5) is 0 Å². The number of unbranched alkanes of at least 4 members (excludes halogenated alkanes) is 51. The van der Waals surface area contributed by atoms with E-state index in [9.17, 15) is 43.2 Å². The summed E-state index contributed by atoms with van der Waals surface area (Å²) in [6.07, 6.45) is 73.0. The highest BCUT2D eigenvalue weighted by Gasteiger charge is 2.30. The van der Waals surface area contributed by atoms with E-state index in [2.05, 4.69) is 58.9 Å². The molecule has 0 radical (unpaired) electrons. The molecule has 614 valence electrons. The van der Waals surface area contributed by atoms with Crippen LogP contribution in [0.25, 0.3) is 0 Å². The minimum absolute atomic E-state index is 0.102. The van der Waals surface area contributed by atoms with Gasteiger partial charge in [0.25, 0.3) is 0 Å². The van der Waals surface area contributed by atoms with Gasteiger partial charge < -0.3 is 33.8 Å². The Bertz CT molecular complexity index is 2080. The van der Waals surface area contributed by atoms with Crippen molar-refractivity contribution in [2.24, 2.45) is 5.92 Å². The number of rotatable bonds is 83. The van der Waals surface area contributed by atoms with Crippen LogP contribution in [0.15, 0.2) is 24.3 Å². The van der Waals surface area contributed by atoms with Crippen molar-refractivity contribution in [2.75, 3.05) is 39.6 Å². The molecule has 0 aliphatic rings. The van der Waals surface area contributed by atoms with Gasteiger partial charge in [-0.1, -0.05) is 380 Å². The molecule has 104 heavy (non-hydrogen) atoms. The van der Waals surface area contributed by atoms with Crippen molar-refractivity contribution in [1.29, 1.82) is 0 Å². The van der Waals surface area contributed by atoms with Crippen LogP contribution in [0.3, 0.4) is 0 Å². The first kappa shape index (κ1) is 102. The van der Waals surface area contributed by atoms with E-state index in [1.165, 1.54) is 238 Å². The van der Waals surface area contributed by atoms with Crippen LogP contribution in [0.5, 0.6) is 0 Å². The maximum atomic E-state index is 13.1. The molecule has 0 amide bonds. The molecular weight excluding hydrogens is 1350 g/mol. The van der Waals surface area contributed by atoms with E-state index in [-0.39, 0.29) is 25.7 Å². The van der Waals surface area contributed by atoms with Gasteiger partial charge in [-0.25, -0.2) is 9.13 Å². The maximum absolute atomic E-state index is 13.1. The lowest BCUT2D eigenvalue weighted by atomic mass is 9.99. The molecule has 0 saturated carbocycles. The van der Waals surface area contributed by atoms with E-state index in [0.717, 1.165) is 115 Å². The molecular formula is C85H162O17P2. The Labute approximate surface area is 637 Å². The van der Waals surface area contributed by atoms with Gasteiger partial charge in [-0.3, -0.25) is 37.3 Å². The van der Waals surface area contributed by atoms with E-state index in [1.807, 2.05) is 0 Å². The number of carbonyl (C=O) groups is 4. The minimum atomic E-state index is -4.97. The molecule has 0 fully saturated rings. The van der Waals surface area contributed by atoms with Crippen molar-refractivity contribution in [3.05, 3.63) is 24.3 Å². The van der Waals surface area contributed by atoms with Crippen molar-refractivity contribution in [3.8, 4) is 0 Å². The fraction of sp³-hybridized carbons (Fsp3) is 0.906. The Morgan fingerprint density at radius 3 is 0.817 bits per heavy atom. The number of aliphatic hydroxyl groups is 1. The van der Waals surface area contributed by atoms with E-state index in [4.69, 9.17) is 37.0 Å². The zero-order chi connectivity index (χ0) is 76.2. The Hall–Kier alpha value is -2.46. The second kappa shape index (κ2) is 77.3. The lowest BCUT2D eigenvalue weighted by Crippen LogP contribution is -2.30. The summed E-state index contributed by atoms with van der Waals surface area (Å²) in [7, 11) is -9.94. The summed E-state index contributed by atoms with van der Waals surface area (Å²) in [5.74, 6) is -1.36. The van der Waals surface area contributed by atoms with Gasteiger partial charge in [0.2, 0.25) is 0 Å². The second-order valence-electron chi connectivity index (χ2n) is 30.1. The van der Waals surface area contributed by atoms with Crippen LogP contribution in [-0.2, 0) is 65.4 Å². The molecule has 0 aliphatic heterocycles. The molecule has 0 aliphatic carbocycles. The van der Waals surface area contributed by atoms with E-state index in [0.29, 0.717) is 25.7 Å². The van der Waals surface area contributed by atoms with Gasteiger partial charge in [0.1, 0.15) is 19.3 Å². The van der Waals surface area contributed by atoms with Crippen LogP contribution < -0.4 is 0 Å². The van der Waals surface area contributed by atoms with Crippen molar-refractivity contribution >= 4 is 39.5 Å². The van der Waals surface area contributed by atoms with Gasteiger partial charge in [-0.05, 0) is 57.3 Å². The summed E-state index contributed by atoms with van der Waals surface area (Å²) < 4.78 is 68.8. The second-order valence-corrected chi connectivity index (χ2v) is 33.0. The number of esters is 4. The number of hydrogen-bond donors (Lipinski definition) is 3. The monoisotopic (exact) mass is 1520 g/mol. The molecule has 0 rings (SSSR count). The highest BCUT2D eigenvalue weighted by molar-refractivity contribution is 7.47. The number of hydrogen-bond acceptors (Lipinski definition) is 15. The van der Waals surface area contributed by atoms with E-state index < -0.39 is 97.5 Å². The summed E-state index contributed by atoms with van der Waals surface area (Å²) in [6, 6.07) is 0. The molecule has 0 heterocycles. The highest BCUT2D eigenvalue weighted by atomic mass is 31.2. The fourth-order valence-electron chi connectivity index (χ4n) is 12.7. The Morgan fingerprint density at radius 1 is 0.308 bits per heavy atom. The van der Waals surface area contributed by atoms with Gasteiger partial charge in [-0.2, -0.15) is 0 Å². The van der Waals surface area contributed by atoms with Crippen LogP contribution in [0.1, 0.15) is 433 Å². The summed E-state index contributed by atoms with van der Waals surface area (Å²) >= 11 is 0. The number of carbonyl (C=O) groups excluding carboxylic acids is 4. The summed E-state index contributed by atoms with van der Waals surface area (Å²) in [5.41, 5.74) is 0. The van der Waals surface area contributed by atoms with Crippen LogP contribution in [0.2, 0.25) is 0 Å². The predicted molar refractivity (Wildman–Crippen MR) is 428 cm³/mol. The highest BCUT2D eigenvalue weighted by Crippen LogP contribution is 2.45. The Balaban J connectivity index is 5.26.